The summed E-state index contributed by atoms with van der Waals surface area (Å²) >= 11 is 0. The van der Waals surface area contributed by atoms with Crippen LogP contribution in [0.5, 0.6) is 0 Å². The van der Waals surface area contributed by atoms with Crippen LogP contribution in [0.25, 0.3) is 11.8 Å². The SMILES string of the molecule is CCCN1C(=O)N/C(=C/c2cc(C)n(-c3ccc(N(C)C)cc3)c2C)C1=O. The van der Waals surface area contributed by atoms with Gasteiger partial charge in [0.05, 0.1) is 0 Å². The minimum Gasteiger partial charge on any atom is -0.378 e. The first kappa shape index (κ1) is 18.8. The molecule has 2 aromatic rings. The predicted molar refractivity (Wildman–Crippen MR) is 108 cm³/mol. The van der Waals surface area contributed by atoms with Crippen molar-refractivity contribution in [1.82, 2.24) is 14.8 Å². The van der Waals surface area contributed by atoms with E-state index in [1.54, 1.807) is 6.08 Å². The molecule has 0 unspecified atom stereocenters. The number of amides is 3. The van der Waals surface area contributed by atoms with Crippen molar-refractivity contribution in [3.05, 3.63) is 53.0 Å². The molecule has 1 aromatic heterocycles. The largest absolute Gasteiger partial charge is 0.378 e. The molecule has 1 aliphatic rings. The molecule has 27 heavy (non-hydrogen) atoms. The number of rotatable bonds is 5. The number of nitrogens with one attached hydrogen (secondary N) is 1. The number of aromatic nitrogens is 1. The maximum atomic E-state index is 12.4. The summed E-state index contributed by atoms with van der Waals surface area (Å²) in [7, 11) is 4.03. The van der Waals surface area contributed by atoms with Crippen molar-refractivity contribution in [2.24, 2.45) is 0 Å². The Labute approximate surface area is 160 Å². The number of imide groups is 1. The first-order valence-corrected chi connectivity index (χ1v) is 9.14. The van der Waals surface area contributed by atoms with Crippen LogP contribution in [0, 0.1) is 13.8 Å². The average molecular weight is 366 g/mol. The summed E-state index contributed by atoms with van der Waals surface area (Å²) < 4.78 is 2.15. The number of anilines is 1. The number of urea groups is 1. The summed E-state index contributed by atoms with van der Waals surface area (Å²) in [5, 5.41) is 2.69. The van der Waals surface area contributed by atoms with Crippen molar-refractivity contribution in [2.75, 3.05) is 25.5 Å². The quantitative estimate of drug-likeness (QED) is 0.651. The smallest absolute Gasteiger partial charge is 0.329 e. The molecule has 6 nitrogen and oxygen atoms in total. The summed E-state index contributed by atoms with van der Waals surface area (Å²) in [6, 6.07) is 10.0. The van der Waals surface area contributed by atoms with E-state index >= 15 is 0 Å². The minimum atomic E-state index is -0.346. The number of hydrogen-bond acceptors (Lipinski definition) is 3. The number of nitrogens with zero attached hydrogens (tertiary/aromatic N) is 3. The second-order valence-corrected chi connectivity index (χ2v) is 7.02. The van der Waals surface area contributed by atoms with Gasteiger partial charge in [-0.25, -0.2) is 4.79 Å². The summed E-state index contributed by atoms with van der Waals surface area (Å²) in [6.45, 7) is 6.42. The fraction of sp³-hybridized carbons (Fsp3) is 0.333. The molecule has 3 amide bonds. The van der Waals surface area contributed by atoms with Gasteiger partial charge in [-0.05, 0) is 62.2 Å². The number of carbonyl (C=O) groups is 2. The zero-order valence-electron chi connectivity index (χ0n) is 16.5. The summed E-state index contributed by atoms with van der Waals surface area (Å²) in [4.78, 5) is 27.7. The van der Waals surface area contributed by atoms with Crippen LogP contribution in [0.15, 0.2) is 36.0 Å². The van der Waals surface area contributed by atoms with Gasteiger partial charge in [-0.1, -0.05) is 6.92 Å². The third-order valence-electron chi connectivity index (χ3n) is 4.80. The molecule has 142 valence electrons. The molecular weight excluding hydrogens is 340 g/mol. The lowest BCUT2D eigenvalue weighted by atomic mass is 10.2. The van der Waals surface area contributed by atoms with Crippen LogP contribution in [-0.2, 0) is 4.79 Å². The van der Waals surface area contributed by atoms with Crippen LogP contribution in [0.2, 0.25) is 0 Å². The Bertz CT molecular complexity index is 907. The van der Waals surface area contributed by atoms with E-state index in [-0.39, 0.29) is 11.9 Å². The fourth-order valence-corrected chi connectivity index (χ4v) is 3.38. The van der Waals surface area contributed by atoms with Crippen LogP contribution >= 0.6 is 0 Å². The van der Waals surface area contributed by atoms with E-state index < -0.39 is 0 Å². The van der Waals surface area contributed by atoms with Crippen molar-refractivity contribution in [3.8, 4) is 5.69 Å². The van der Waals surface area contributed by atoms with Crippen LogP contribution in [0.1, 0.15) is 30.3 Å². The Morgan fingerprint density at radius 3 is 2.37 bits per heavy atom. The number of benzene rings is 1. The molecular formula is C21H26N4O2. The van der Waals surface area contributed by atoms with Crippen molar-refractivity contribution in [2.45, 2.75) is 27.2 Å². The summed E-state index contributed by atoms with van der Waals surface area (Å²) in [5.41, 5.74) is 5.55. The van der Waals surface area contributed by atoms with Crippen molar-refractivity contribution in [3.63, 3.8) is 0 Å². The van der Waals surface area contributed by atoms with E-state index in [9.17, 15) is 9.59 Å². The maximum absolute atomic E-state index is 12.4. The third-order valence-corrected chi connectivity index (χ3v) is 4.80. The Hall–Kier alpha value is -3.02. The highest BCUT2D eigenvalue weighted by atomic mass is 16.2. The topological polar surface area (TPSA) is 57.6 Å². The first-order valence-electron chi connectivity index (χ1n) is 9.14. The molecule has 1 saturated heterocycles. The van der Waals surface area contributed by atoms with Gasteiger partial charge in [-0.15, -0.1) is 0 Å². The molecule has 0 atom stereocenters. The van der Waals surface area contributed by atoms with Crippen LogP contribution in [0.4, 0.5) is 10.5 Å². The Kier molecular flexibility index (Phi) is 5.08. The normalized spacial score (nSPS) is 15.6. The molecule has 2 heterocycles. The first-order chi connectivity index (χ1) is 12.8. The zero-order valence-corrected chi connectivity index (χ0v) is 16.5. The predicted octanol–water partition coefficient (Wildman–Crippen LogP) is 3.46. The molecule has 0 aliphatic carbocycles. The molecule has 1 aliphatic heterocycles. The number of hydrogen-bond donors (Lipinski definition) is 1. The molecule has 0 spiro atoms. The molecule has 0 bridgehead atoms. The molecule has 6 heteroatoms. The van der Waals surface area contributed by atoms with E-state index in [1.807, 2.05) is 40.9 Å². The summed E-state index contributed by atoms with van der Waals surface area (Å²) in [5.74, 6) is -0.262. The number of aryl methyl sites for hydroxylation is 1. The standard InChI is InChI=1S/C21H26N4O2/c1-6-11-24-20(26)19(22-21(24)27)13-16-12-14(2)25(15(16)3)18-9-7-17(8-10-18)23(4)5/h7-10,12-13H,6,11H2,1-5H3,(H,22,27)/b19-13+. The van der Waals surface area contributed by atoms with Crippen LogP contribution in [0.3, 0.4) is 0 Å². The van der Waals surface area contributed by atoms with Gasteiger partial charge in [-0.2, -0.15) is 0 Å². The van der Waals surface area contributed by atoms with Gasteiger partial charge in [0.25, 0.3) is 5.91 Å². The summed E-state index contributed by atoms with van der Waals surface area (Å²) in [6.07, 6.45) is 2.51. The molecule has 0 radical (unpaired) electrons. The number of carbonyl (C=O) groups excluding carboxylic acids is 2. The van der Waals surface area contributed by atoms with Crippen LogP contribution < -0.4 is 10.2 Å². The lowest BCUT2D eigenvalue weighted by Crippen LogP contribution is -2.31. The second kappa shape index (κ2) is 7.31. The van der Waals surface area contributed by atoms with E-state index in [0.717, 1.165) is 34.7 Å². The molecule has 1 aromatic carbocycles. The van der Waals surface area contributed by atoms with Gasteiger partial charge in [0.1, 0.15) is 5.70 Å². The van der Waals surface area contributed by atoms with Gasteiger partial charge < -0.3 is 14.8 Å². The zero-order chi connectivity index (χ0) is 19.7. The highest BCUT2D eigenvalue weighted by Gasteiger charge is 2.32. The van der Waals surface area contributed by atoms with Crippen molar-refractivity contribution >= 4 is 23.7 Å². The third kappa shape index (κ3) is 3.47. The monoisotopic (exact) mass is 366 g/mol. The van der Waals surface area contributed by atoms with E-state index in [2.05, 4.69) is 39.0 Å². The van der Waals surface area contributed by atoms with Gasteiger partial charge in [0.2, 0.25) is 0 Å². The Morgan fingerprint density at radius 2 is 1.78 bits per heavy atom. The Balaban J connectivity index is 1.95. The molecule has 0 saturated carbocycles. The van der Waals surface area contributed by atoms with E-state index in [1.165, 1.54) is 4.90 Å². The second-order valence-electron chi connectivity index (χ2n) is 7.02. The van der Waals surface area contributed by atoms with Gasteiger partial charge in [-0.3, -0.25) is 9.69 Å². The lowest BCUT2D eigenvalue weighted by molar-refractivity contribution is -0.122. The molecule has 3 rings (SSSR count). The highest BCUT2D eigenvalue weighted by molar-refractivity contribution is 6.14. The molecule has 1 fully saturated rings. The van der Waals surface area contributed by atoms with Gasteiger partial charge in [0.15, 0.2) is 0 Å². The fourth-order valence-electron chi connectivity index (χ4n) is 3.38. The maximum Gasteiger partial charge on any atom is 0.329 e. The average Bonchev–Trinajstić information content (AvgIpc) is 3.05. The Morgan fingerprint density at radius 1 is 1.11 bits per heavy atom. The van der Waals surface area contributed by atoms with Crippen molar-refractivity contribution in [1.29, 1.82) is 0 Å². The van der Waals surface area contributed by atoms with E-state index in [0.29, 0.717) is 12.2 Å². The highest BCUT2D eigenvalue weighted by Crippen LogP contribution is 2.25. The lowest BCUT2D eigenvalue weighted by Gasteiger charge is -2.14. The van der Waals surface area contributed by atoms with Crippen molar-refractivity contribution < 1.29 is 9.59 Å². The van der Waals surface area contributed by atoms with Gasteiger partial charge in [0, 0.05) is 43.4 Å². The van der Waals surface area contributed by atoms with Crippen LogP contribution in [-0.4, -0.2) is 42.0 Å². The van der Waals surface area contributed by atoms with E-state index in [4.69, 9.17) is 0 Å². The van der Waals surface area contributed by atoms with Gasteiger partial charge >= 0.3 is 6.03 Å². The molecule has 1 N–H and O–H groups in total. The minimum absolute atomic E-state index is 0.262.